The van der Waals surface area contributed by atoms with Crippen molar-refractivity contribution in [2.75, 3.05) is 6.54 Å². The van der Waals surface area contributed by atoms with Crippen LogP contribution < -0.4 is 0 Å². The minimum absolute atomic E-state index is 0.0555. The largest absolute Gasteiger partial charge is 0.243 e. The van der Waals surface area contributed by atoms with Crippen LogP contribution in [0.2, 0.25) is 0 Å². The van der Waals surface area contributed by atoms with E-state index in [4.69, 9.17) is 11.6 Å². The fourth-order valence-corrected chi connectivity index (χ4v) is 4.57. The van der Waals surface area contributed by atoms with Crippen LogP contribution in [0.3, 0.4) is 0 Å². The molecule has 0 amide bonds. The summed E-state index contributed by atoms with van der Waals surface area (Å²) in [4.78, 5) is 0.376. The van der Waals surface area contributed by atoms with Gasteiger partial charge in [0.1, 0.15) is 0 Å². The average molecular weight is 318 g/mol. The van der Waals surface area contributed by atoms with Crippen molar-refractivity contribution >= 4 is 21.6 Å². The number of halogens is 1. The van der Waals surface area contributed by atoms with E-state index < -0.39 is 10.0 Å². The second-order valence-corrected chi connectivity index (χ2v) is 7.51. The summed E-state index contributed by atoms with van der Waals surface area (Å²) < 4.78 is 27.3. The molecule has 0 radical (unpaired) electrons. The van der Waals surface area contributed by atoms with Gasteiger partial charge in [-0.2, -0.15) is 4.31 Å². The third kappa shape index (κ3) is 3.54. The van der Waals surface area contributed by atoms with Crippen molar-refractivity contribution in [2.24, 2.45) is 0 Å². The third-order valence-corrected chi connectivity index (χ3v) is 5.89. The second-order valence-electron chi connectivity index (χ2n) is 5.39. The maximum atomic E-state index is 12.8. The Morgan fingerprint density at radius 2 is 1.80 bits per heavy atom. The fraction of sp³-hybridized carbons (Fsp3) is 0.600. The Morgan fingerprint density at radius 3 is 2.25 bits per heavy atom. The van der Waals surface area contributed by atoms with Gasteiger partial charge < -0.3 is 0 Å². The van der Waals surface area contributed by atoms with Crippen LogP contribution in [0, 0.1) is 13.8 Å². The summed E-state index contributed by atoms with van der Waals surface area (Å²) in [7, 11) is -3.47. The summed E-state index contributed by atoms with van der Waals surface area (Å²) in [6.45, 7) is 10.1. The number of hydrogen-bond acceptors (Lipinski definition) is 2. The van der Waals surface area contributed by atoms with E-state index in [9.17, 15) is 8.42 Å². The van der Waals surface area contributed by atoms with Crippen LogP contribution in [-0.4, -0.2) is 25.3 Å². The Kier molecular flexibility index (Phi) is 6.05. The summed E-state index contributed by atoms with van der Waals surface area (Å²) in [5.74, 6) is 0.324. The lowest BCUT2D eigenvalue weighted by Crippen LogP contribution is -2.37. The molecule has 3 nitrogen and oxygen atoms in total. The highest BCUT2D eigenvalue weighted by Crippen LogP contribution is 2.26. The van der Waals surface area contributed by atoms with Gasteiger partial charge in [-0.05, 0) is 56.9 Å². The normalized spacial score (nSPS) is 12.4. The van der Waals surface area contributed by atoms with Crippen LogP contribution >= 0.6 is 11.6 Å². The molecule has 0 aliphatic rings. The molecule has 0 fully saturated rings. The molecular weight excluding hydrogens is 294 g/mol. The Morgan fingerprint density at radius 1 is 1.20 bits per heavy atom. The molecule has 0 saturated carbocycles. The molecule has 1 aromatic carbocycles. The monoisotopic (exact) mass is 317 g/mol. The lowest BCUT2D eigenvalue weighted by Gasteiger charge is -2.26. The fourth-order valence-electron chi connectivity index (χ4n) is 2.30. The molecule has 0 aliphatic carbocycles. The Labute approximate surface area is 128 Å². The van der Waals surface area contributed by atoms with Gasteiger partial charge in [0.25, 0.3) is 0 Å². The van der Waals surface area contributed by atoms with E-state index in [1.807, 2.05) is 40.7 Å². The molecule has 0 N–H and O–H groups in total. The van der Waals surface area contributed by atoms with Crippen LogP contribution in [0.25, 0.3) is 0 Å². The molecule has 1 rings (SSSR count). The zero-order valence-corrected chi connectivity index (χ0v) is 14.5. The SMILES string of the molecule is CCCN(C(C)C)S(=O)(=O)c1cc(CCl)c(C)cc1C. The van der Waals surface area contributed by atoms with Crippen molar-refractivity contribution in [3.05, 3.63) is 28.8 Å². The van der Waals surface area contributed by atoms with Crippen molar-refractivity contribution in [3.8, 4) is 0 Å². The molecule has 0 bridgehead atoms. The van der Waals surface area contributed by atoms with E-state index in [1.165, 1.54) is 0 Å². The van der Waals surface area contributed by atoms with Gasteiger partial charge in [-0.25, -0.2) is 8.42 Å². The number of hydrogen-bond donors (Lipinski definition) is 0. The van der Waals surface area contributed by atoms with E-state index in [-0.39, 0.29) is 6.04 Å². The first-order chi connectivity index (χ1) is 9.25. The summed E-state index contributed by atoms with van der Waals surface area (Å²) in [5, 5.41) is 0. The maximum Gasteiger partial charge on any atom is 0.243 e. The molecule has 114 valence electrons. The lowest BCUT2D eigenvalue weighted by atomic mass is 10.1. The summed E-state index contributed by atoms with van der Waals surface area (Å²) in [6.07, 6.45) is 0.796. The van der Waals surface area contributed by atoms with E-state index >= 15 is 0 Å². The molecule has 1 aromatic rings. The predicted octanol–water partition coefficient (Wildman–Crippen LogP) is 3.85. The highest BCUT2D eigenvalue weighted by molar-refractivity contribution is 7.89. The lowest BCUT2D eigenvalue weighted by molar-refractivity contribution is 0.354. The van der Waals surface area contributed by atoms with Gasteiger partial charge >= 0.3 is 0 Å². The van der Waals surface area contributed by atoms with Crippen LogP contribution in [0.5, 0.6) is 0 Å². The van der Waals surface area contributed by atoms with Crippen LogP contribution in [-0.2, 0) is 15.9 Å². The zero-order valence-electron chi connectivity index (χ0n) is 12.9. The van der Waals surface area contributed by atoms with Crippen molar-refractivity contribution in [2.45, 2.75) is 57.9 Å². The molecule has 20 heavy (non-hydrogen) atoms. The Bertz CT molecular complexity index is 567. The van der Waals surface area contributed by atoms with Gasteiger partial charge in [0.2, 0.25) is 10.0 Å². The quantitative estimate of drug-likeness (QED) is 0.747. The first-order valence-electron chi connectivity index (χ1n) is 6.93. The molecule has 0 spiro atoms. The summed E-state index contributed by atoms with van der Waals surface area (Å²) in [6, 6.07) is 3.56. The van der Waals surface area contributed by atoms with Crippen LogP contribution in [0.1, 0.15) is 43.9 Å². The van der Waals surface area contributed by atoms with Crippen molar-refractivity contribution in [3.63, 3.8) is 0 Å². The van der Waals surface area contributed by atoms with Crippen LogP contribution in [0.4, 0.5) is 0 Å². The van der Waals surface area contributed by atoms with E-state index in [1.54, 1.807) is 10.4 Å². The van der Waals surface area contributed by atoms with E-state index in [2.05, 4.69) is 0 Å². The number of alkyl halides is 1. The van der Waals surface area contributed by atoms with Crippen molar-refractivity contribution < 1.29 is 8.42 Å². The van der Waals surface area contributed by atoms with Crippen molar-refractivity contribution in [1.29, 1.82) is 0 Å². The maximum absolute atomic E-state index is 12.8. The molecule has 0 aliphatic heterocycles. The smallest absolute Gasteiger partial charge is 0.207 e. The first kappa shape index (κ1) is 17.5. The third-order valence-electron chi connectivity index (χ3n) is 3.38. The van der Waals surface area contributed by atoms with Gasteiger partial charge in [-0.15, -0.1) is 11.6 Å². The van der Waals surface area contributed by atoms with Gasteiger partial charge in [0, 0.05) is 18.5 Å². The summed E-state index contributed by atoms with van der Waals surface area (Å²) >= 11 is 5.90. The Balaban J connectivity index is 3.40. The number of nitrogens with zero attached hydrogens (tertiary/aromatic N) is 1. The minimum Gasteiger partial charge on any atom is -0.207 e. The van der Waals surface area contributed by atoms with Gasteiger partial charge in [0.05, 0.1) is 4.90 Å². The van der Waals surface area contributed by atoms with Gasteiger partial charge in [0.15, 0.2) is 0 Å². The van der Waals surface area contributed by atoms with Gasteiger partial charge in [-0.1, -0.05) is 13.0 Å². The topological polar surface area (TPSA) is 37.4 Å². The molecule has 0 heterocycles. The number of rotatable bonds is 6. The number of benzene rings is 1. The zero-order chi connectivity index (χ0) is 15.5. The molecular formula is C15H24ClNO2S. The predicted molar refractivity (Wildman–Crippen MR) is 84.8 cm³/mol. The van der Waals surface area contributed by atoms with E-state index in [0.717, 1.165) is 23.1 Å². The van der Waals surface area contributed by atoms with Gasteiger partial charge in [-0.3, -0.25) is 0 Å². The molecule has 0 atom stereocenters. The number of aryl methyl sites for hydroxylation is 2. The van der Waals surface area contributed by atoms with Crippen molar-refractivity contribution in [1.82, 2.24) is 4.31 Å². The average Bonchev–Trinajstić information content (AvgIpc) is 2.35. The highest BCUT2D eigenvalue weighted by Gasteiger charge is 2.28. The number of sulfonamides is 1. The first-order valence-corrected chi connectivity index (χ1v) is 8.91. The molecule has 0 aromatic heterocycles. The minimum atomic E-state index is -3.47. The highest BCUT2D eigenvalue weighted by atomic mass is 35.5. The second kappa shape index (κ2) is 6.92. The summed E-state index contributed by atoms with van der Waals surface area (Å²) in [5.41, 5.74) is 2.68. The standard InChI is InChI=1S/C15H24ClNO2S/c1-6-7-17(11(2)3)20(18,19)15-9-14(10-16)12(4)8-13(15)5/h8-9,11H,6-7,10H2,1-5H3. The molecule has 0 saturated heterocycles. The van der Waals surface area contributed by atoms with Crippen LogP contribution in [0.15, 0.2) is 17.0 Å². The Hall–Kier alpha value is -0.580. The molecule has 5 heteroatoms. The van der Waals surface area contributed by atoms with E-state index in [0.29, 0.717) is 17.3 Å². The molecule has 0 unspecified atom stereocenters.